The Balaban J connectivity index is 2.00. The van der Waals surface area contributed by atoms with Crippen molar-refractivity contribution in [2.75, 3.05) is 12.3 Å². The summed E-state index contributed by atoms with van der Waals surface area (Å²) in [6.07, 6.45) is 5.27. The van der Waals surface area contributed by atoms with Gasteiger partial charge >= 0.3 is 0 Å². The molecular formula is C11H20N2OS. The van der Waals surface area contributed by atoms with Crippen LogP contribution in [-0.2, 0) is 4.79 Å². The van der Waals surface area contributed by atoms with Gasteiger partial charge in [0, 0.05) is 25.0 Å². The van der Waals surface area contributed by atoms with Crippen LogP contribution in [0.1, 0.15) is 32.1 Å². The first-order valence-electron chi connectivity index (χ1n) is 5.88. The van der Waals surface area contributed by atoms with Gasteiger partial charge in [-0.15, -0.1) is 0 Å². The number of hydrogen-bond acceptors (Lipinski definition) is 3. The van der Waals surface area contributed by atoms with Crippen molar-refractivity contribution in [3.8, 4) is 0 Å². The Morgan fingerprint density at radius 1 is 1.40 bits per heavy atom. The van der Waals surface area contributed by atoms with Crippen LogP contribution < -0.4 is 5.73 Å². The second-order valence-corrected chi connectivity index (χ2v) is 5.18. The van der Waals surface area contributed by atoms with Crippen LogP contribution in [0.25, 0.3) is 0 Å². The zero-order valence-electron chi connectivity index (χ0n) is 9.06. The minimum Gasteiger partial charge on any atom is -0.338 e. The summed E-state index contributed by atoms with van der Waals surface area (Å²) >= 11 is 4.27. The van der Waals surface area contributed by atoms with Crippen LogP contribution in [0.5, 0.6) is 0 Å². The van der Waals surface area contributed by atoms with E-state index < -0.39 is 0 Å². The van der Waals surface area contributed by atoms with Crippen molar-refractivity contribution in [1.82, 2.24) is 4.90 Å². The predicted octanol–water partition coefficient (Wildman–Crippen LogP) is 1.03. The van der Waals surface area contributed by atoms with Crippen LogP contribution in [0.15, 0.2) is 0 Å². The first-order valence-corrected chi connectivity index (χ1v) is 6.51. The summed E-state index contributed by atoms with van der Waals surface area (Å²) in [6.45, 7) is 0.876. The third-order valence-electron chi connectivity index (χ3n) is 3.68. The summed E-state index contributed by atoms with van der Waals surface area (Å²) in [5, 5.41) is 0. The summed E-state index contributed by atoms with van der Waals surface area (Å²) in [6, 6.07) is 0.498. The van der Waals surface area contributed by atoms with Crippen molar-refractivity contribution in [3.63, 3.8) is 0 Å². The fourth-order valence-electron chi connectivity index (χ4n) is 2.78. The first-order chi connectivity index (χ1) is 7.22. The van der Waals surface area contributed by atoms with E-state index >= 15 is 0 Å². The fourth-order valence-corrected chi connectivity index (χ4v) is 3.02. The van der Waals surface area contributed by atoms with E-state index in [2.05, 4.69) is 12.6 Å². The van der Waals surface area contributed by atoms with Gasteiger partial charge in [0.05, 0.1) is 0 Å². The van der Waals surface area contributed by atoms with Gasteiger partial charge in [-0.1, -0.05) is 12.8 Å². The van der Waals surface area contributed by atoms with E-state index in [0.717, 1.165) is 25.1 Å². The highest BCUT2D eigenvalue weighted by atomic mass is 32.1. The van der Waals surface area contributed by atoms with Crippen molar-refractivity contribution in [2.45, 2.75) is 44.2 Å². The number of nitrogens with two attached hydrogens (primary N) is 1. The number of carbonyl (C=O) groups is 1. The molecule has 0 spiro atoms. The number of carbonyl (C=O) groups excluding carboxylic acids is 1. The molecule has 4 heteroatoms. The van der Waals surface area contributed by atoms with E-state index in [-0.39, 0.29) is 11.9 Å². The molecule has 0 bridgehead atoms. The molecule has 3 atom stereocenters. The van der Waals surface area contributed by atoms with Gasteiger partial charge in [0.1, 0.15) is 0 Å². The van der Waals surface area contributed by atoms with E-state index in [1.165, 1.54) is 12.8 Å². The number of nitrogens with zero attached hydrogens (tertiary/aromatic N) is 1. The third kappa shape index (κ3) is 2.31. The quantitative estimate of drug-likeness (QED) is 0.694. The molecule has 1 saturated heterocycles. The molecular weight excluding hydrogens is 208 g/mol. The van der Waals surface area contributed by atoms with Gasteiger partial charge in [-0.25, -0.2) is 0 Å². The maximum atomic E-state index is 11.8. The molecule has 2 aliphatic rings. The number of amides is 1. The van der Waals surface area contributed by atoms with Gasteiger partial charge in [-0.3, -0.25) is 4.79 Å². The van der Waals surface area contributed by atoms with Crippen LogP contribution in [0, 0.1) is 5.92 Å². The lowest BCUT2D eigenvalue weighted by molar-refractivity contribution is -0.130. The third-order valence-corrected chi connectivity index (χ3v) is 4.20. The standard InChI is InChI=1S/C11H20N2OS/c12-9-3-1-2-4-10(9)13-6-8(7-15)5-11(13)14/h8-10,15H,1-7,12H2/t8?,9-,10-/m0/s1. The Labute approximate surface area is 96.8 Å². The van der Waals surface area contributed by atoms with Gasteiger partial charge in [0.15, 0.2) is 0 Å². The molecule has 1 unspecified atom stereocenters. The molecule has 1 amide bonds. The van der Waals surface area contributed by atoms with E-state index in [1.54, 1.807) is 0 Å². The number of thiol groups is 1. The summed E-state index contributed by atoms with van der Waals surface area (Å²) in [7, 11) is 0. The van der Waals surface area contributed by atoms with Gasteiger partial charge in [0.25, 0.3) is 0 Å². The molecule has 3 nitrogen and oxygen atoms in total. The highest BCUT2D eigenvalue weighted by Gasteiger charge is 2.36. The highest BCUT2D eigenvalue weighted by Crippen LogP contribution is 2.28. The van der Waals surface area contributed by atoms with Crippen molar-refractivity contribution >= 4 is 18.5 Å². The van der Waals surface area contributed by atoms with Crippen molar-refractivity contribution < 1.29 is 4.79 Å². The molecule has 0 aromatic carbocycles. The van der Waals surface area contributed by atoms with Crippen molar-refractivity contribution in [2.24, 2.45) is 11.7 Å². The Hall–Kier alpha value is -0.220. The number of hydrogen-bond donors (Lipinski definition) is 2. The largest absolute Gasteiger partial charge is 0.338 e. The Bertz CT molecular complexity index is 247. The predicted molar refractivity (Wildman–Crippen MR) is 63.9 cm³/mol. The molecule has 1 heterocycles. The molecule has 0 aromatic heterocycles. The lowest BCUT2D eigenvalue weighted by Crippen LogP contribution is -2.50. The molecule has 86 valence electrons. The fraction of sp³-hybridized carbons (Fsp3) is 0.909. The van der Waals surface area contributed by atoms with Crippen LogP contribution in [0.3, 0.4) is 0 Å². The molecule has 1 aliphatic carbocycles. The summed E-state index contributed by atoms with van der Waals surface area (Å²) in [5.41, 5.74) is 6.09. The Kier molecular flexibility index (Phi) is 3.57. The second-order valence-electron chi connectivity index (χ2n) is 4.81. The van der Waals surface area contributed by atoms with Crippen LogP contribution in [0.2, 0.25) is 0 Å². The van der Waals surface area contributed by atoms with Crippen molar-refractivity contribution in [3.05, 3.63) is 0 Å². The summed E-state index contributed by atoms with van der Waals surface area (Å²) < 4.78 is 0. The minimum atomic E-state index is 0.196. The molecule has 2 N–H and O–H groups in total. The normalized spacial score (nSPS) is 37.3. The highest BCUT2D eigenvalue weighted by molar-refractivity contribution is 7.80. The van der Waals surface area contributed by atoms with Gasteiger partial charge in [0.2, 0.25) is 5.91 Å². The SMILES string of the molecule is N[C@H]1CCCC[C@@H]1N1CC(CS)CC1=O. The second kappa shape index (κ2) is 4.74. The van der Waals surface area contributed by atoms with Gasteiger partial charge in [-0.2, -0.15) is 12.6 Å². The molecule has 1 aliphatic heterocycles. The maximum absolute atomic E-state index is 11.8. The molecule has 2 rings (SSSR count). The molecule has 15 heavy (non-hydrogen) atoms. The number of likely N-dealkylation sites (tertiary alicyclic amines) is 1. The summed E-state index contributed by atoms with van der Waals surface area (Å²) in [4.78, 5) is 13.8. The lowest BCUT2D eigenvalue weighted by atomic mass is 9.90. The van der Waals surface area contributed by atoms with E-state index in [4.69, 9.17) is 5.73 Å². The van der Waals surface area contributed by atoms with Crippen LogP contribution in [-0.4, -0.2) is 35.2 Å². The molecule has 1 saturated carbocycles. The van der Waals surface area contributed by atoms with E-state index in [0.29, 0.717) is 18.4 Å². The molecule has 0 aromatic rings. The van der Waals surface area contributed by atoms with Crippen LogP contribution in [0.4, 0.5) is 0 Å². The monoisotopic (exact) mass is 228 g/mol. The smallest absolute Gasteiger partial charge is 0.223 e. The van der Waals surface area contributed by atoms with Crippen LogP contribution >= 0.6 is 12.6 Å². The Morgan fingerprint density at radius 3 is 2.73 bits per heavy atom. The number of rotatable bonds is 2. The average Bonchev–Trinajstić information content (AvgIpc) is 2.60. The topological polar surface area (TPSA) is 46.3 Å². The van der Waals surface area contributed by atoms with E-state index in [1.807, 2.05) is 4.90 Å². The van der Waals surface area contributed by atoms with Gasteiger partial charge < -0.3 is 10.6 Å². The molecule has 0 radical (unpaired) electrons. The lowest BCUT2D eigenvalue weighted by Gasteiger charge is -2.36. The minimum absolute atomic E-state index is 0.196. The Morgan fingerprint density at radius 2 is 2.13 bits per heavy atom. The average molecular weight is 228 g/mol. The zero-order valence-corrected chi connectivity index (χ0v) is 9.96. The first kappa shape index (κ1) is 11.3. The maximum Gasteiger partial charge on any atom is 0.223 e. The van der Waals surface area contributed by atoms with Crippen molar-refractivity contribution in [1.29, 1.82) is 0 Å². The molecule has 2 fully saturated rings. The summed E-state index contributed by atoms with van der Waals surface area (Å²) in [5.74, 6) is 1.54. The zero-order chi connectivity index (χ0) is 10.8. The van der Waals surface area contributed by atoms with Gasteiger partial charge in [-0.05, 0) is 24.5 Å². The van der Waals surface area contributed by atoms with E-state index in [9.17, 15) is 4.79 Å².